The van der Waals surface area contributed by atoms with Gasteiger partial charge in [0.25, 0.3) is 5.91 Å². The van der Waals surface area contributed by atoms with E-state index in [1.165, 1.54) is 19.3 Å². The van der Waals surface area contributed by atoms with Gasteiger partial charge in [-0.2, -0.15) is 0 Å². The number of imidazole rings is 1. The van der Waals surface area contributed by atoms with Crippen LogP contribution in [0.3, 0.4) is 0 Å². The number of nitrogens with one attached hydrogen (secondary N) is 1. The fourth-order valence-electron chi connectivity index (χ4n) is 8.01. The van der Waals surface area contributed by atoms with Crippen molar-refractivity contribution in [3.63, 3.8) is 0 Å². The Hall–Kier alpha value is -4.30. The van der Waals surface area contributed by atoms with Gasteiger partial charge in [-0.15, -0.1) is 0 Å². The average Bonchev–Trinajstić information content (AvgIpc) is 3.42. The van der Waals surface area contributed by atoms with E-state index in [1.807, 2.05) is 31.3 Å². The Morgan fingerprint density at radius 2 is 1.96 bits per heavy atom. The Labute approximate surface area is 265 Å². The van der Waals surface area contributed by atoms with Crippen LogP contribution in [0.15, 0.2) is 48.5 Å². The van der Waals surface area contributed by atoms with Crippen molar-refractivity contribution < 1.29 is 14.3 Å². The summed E-state index contributed by atoms with van der Waals surface area (Å²) in [6.07, 6.45) is 6.20. The highest BCUT2D eigenvalue weighted by molar-refractivity contribution is 6.35. The zero-order valence-electron chi connectivity index (χ0n) is 25.4. The molecule has 2 aliphatic carbocycles. The molecule has 2 saturated carbocycles. The molecule has 2 amide bonds. The van der Waals surface area contributed by atoms with Crippen LogP contribution in [0.25, 0.3) is 44.6 Å². The Kier molecular flexibility index (Phi) is 5.92. The molecular formula is C36H34ClN5O3. The minimum absolute atomic E-state index is 0.0268. The van der Waals surface area contributed by atoms with Gasteiger partial charge >= 0.3 is 0 Å². The molecule has 2 bridgehead atoms. The molecule has 5 aromatic rings. The number of benzene rings is 3. The van der Waals surface area contributed by atoms with Gasteiger partial charge < -0.3 is 24.1 Å². The summed E-state index contributed by atoms with van der Waals surface area (Å²) in [5.74, 6) is 2.82. The van der Waals surface area contributed by atoms with Crippen molar-refractivity contribution in [1.29, 1.82) is 0 Å². The third-order valence-electron chi connectivity index (χ3n) is 10.5. The number of ether oxygens (including phenoxy) is 1. The Balaban J connectivity index is 1.16. The van der Waals surface area contributed by atoms with E-state index >= 15 is 0 Å². The first-order chi connectivity index (χ1) is 21.9. The van der Waals surface area contributed by atoms with Crippen LogP contribution in [0, 0.1) is 11.8 Å². The lowest BCUT2D eigenvalue weighted by Gasteiger charge is -2.27. The number of likely N-dealkylation sites (tertiary alicyclic amines) is 1. The molecular weight excluding hydrogens is 586 g/mol. The number of aryl methyl sites for hydroxylation is 1. The van der Waals surface area contributed by atoms with Crippen LogP contribution in [0.1, 0.15) is 48.0 Å². The molecule has 9 heteroatoms. The number of methoxy groups -OCH3 is 1. The number of aromatic nitrogens is 3. The van der Waals surface area contributed by atoms with Gasteiger partial charge in [-0.1, -0.05) is 29.8 Å². The van der Waals surface area contributed by atoms with Crippen LogP contribution in [0.4, 0.5) is 5.69 Å². The summed E-state index contributed by atoms with van der Waals surface area (Å²) < 4.78 is 10.4. The highest BCUT2D eigenvalue weighted by Crippen LogP contribution is 2.42. The third kappa shape index (κ3) is 4.22. The first kappa shape index (κ1) is 27.0. The average molecular weight is 620 g/mol. The van der Waals surface area contributed by atoms with Crippen molar-refractivity contribution in [2.75, 3.05) is 19.0 Å². The van der Waals surface area contributed by atoms with Gasteiger partial charge in [-0.25, -0.2) is 4.98 Å². The molecule has 2 aromatic heterocycles. The van der Waals surface area contributed by atoms with Crippen LogP contribution >= 0.6 is 11.6 Å². The summed E-state index contributed by atoms with van der Waals surface area (Å²) in [7, 11) is 3.69. The lowest BCUT2D eigenvalue weighted by molar-refractivity contribution is -0.115. The third-order valence-corrected chi connectivity index (χ3v) is 10.9. The van der Waals surface area contributed by atoms with E-state index in [0.29, 0.717) is 40.6 Å². The predicted octanol–water partition coefficient (Wildman–Crippen LogP) is 7.05. The normalized spacial score (nSPS) is 20.4. The molecule has 8 nitrogen and oxygen atoms in total. The summed E-state index contributed by atoms with van der Waals surface area (Å²) in [4.78, 5) is 32.9. The second-order valence-corrected chi connectivity index (χ2v) is 13.7. The SMILES string of the molecule is COc1cc(C(=O)N2CC3CCC2C3)cc2nc(-c3cc4ccc(-c5ccc6c(c5Cl)CC(=O)N6)cc4n3CC3CC3)n(C)c12. The number of halogens is 1. The number of piperidine rings is 1. The first-order valence-corrected chi connectivity index (χ1v) is 16.3. The van der Waals surface area contributed by atoms with Gasteiger partial charge in [0.15, 0.2) is 5.82 Å². The summed E-state index contributed by atoms with van der Waals surface area (Å²) in [6.45, 7) is 1.76. The van der Waals surface area contributed by atoms with E-state index in [1.54, 1.807) is 7.11 Å². The van der Waals surface area contributed by atoms with Crippen molar-refractivity contribution in [3.05, 3.63) is 64.7 Å². The maximum Gasteiger partial charge on any atom is 0.254 e. The van der Waals surface area contributed by atoms with Crippen molar-refractivity contribution >= 4 is 51.0 Å². The molecule has 2 aliphatic heterocycles. The van der Waals surface area contributed by atoms with E-state index < -0.39 is 0 Å². The molecule has 4 aliphatic rings. The summed E-state index contributed by atoms with van der Waals surface area (Å²) >= 11 is 6.88. The lowest BCUT2D eigenvalue weighted by atomic mass is 10.0. The first-order valence-electron chi connectivity index (χ1n) is 16.0. The van der Waals surface area contributed by atoms with Gasteiger partial charge in [0.1, 0.15) is 11.3 Å². The van der Waals surface area contributed by atoms with E-state index in [9.17, 15) is 9.59 Å². The molecule has 2 atom stereocenters. The Morgan fingerprint density at radius 1 is 1.09 bits per heavy atom. The van der Waals surface area contributed by atoms with Crippen molar-refractivity contribution in [2.45, 2.75) is 51.1 Å². The quantitative estimate of drug-likeness (QED) is 0.221. The fraction of sp³-hybridized carbons (Fsp3) is 0.361. The molecule has 2 unspecified atom stereocenters. The Bertz CT molecular complexity index is 2090. The summed E-state index contributed by atoms with van der Waals surface area (Å²) in [5.41, 5.74) is 8.03. The number of carbonyl (C=O) groups excluding carboxylic acids is 2. The minimum Gasteiger partial charge on any atom is -0.494 e. The topological polar surface area (TPSA) is 81.4 Å². The van der Waals surface area contributed by atoms with E-state index in [0.717, 1.165) is 81.8 Å². The number of anilines is 1. The van der Waals surface area contributed by atoms with Gasteiger partial charge in [0.05, 0.1) is 29.8 Å². The number of nitrogens with zero attached hydrogens (tertiary/aromatic N) is 4. The van der Waals surface area contributed by atoms with E-state index in [4.69, 9.17) is 21.3 Å². The Morgan fingerprint density at radius 3 is 2.71 bits per heavy atom. The monoisotopic (exact) mass is 619 g/mol. The zero-order valence-corrected chi connectivity index (χ0v) is 26.2. The molecule has 1 saturated heterocycles. The largest absolute Gasteiger partial charge is 0.494 e. The second kappa shape index (κ2) is 9.85. The minimum atomic E-state index is -0.0268. The van der Waals surface area contributed by atoms with Crippen molar-refractivity contribution in [3.8, 4) is 28.4 Å². The molecule has 0 radical (unpaired) electrons. The molecule has 3 aromatic carbocycles. The molecule has 4 heterocycles. The predicted molar refractivity (Wildman–Crippen MR) is 176 cm³/mol. The van der Waals surface area contributed by atoms with Crippen molar-refractivity contribution in [2.24, 2.45) is 18.9 Å². The van der Waals surface area contributed by atoms with Crippen LogP contribution < -0.4 is 10.1 Å². The molecule has 228 valence electrons. The van der Waals surface area contributed by atoms with Gasteiger partial charge in [-0.05, 0) is 79.8 Å². The number of hydrogen-bond donors (Lipinski definition) is 1. The van der Waals surface area contributed by atoms with E-state index in [-0.39, 0.29) is 11.8 Å². The van der Waals surface area contributed by atoms with Gasteiger partial charge in [0, 0.05) is 59.5 Å². The number of hydrogen-bond acceptors (Lipinski definition) is 4. The van der Waals surface area contributed by atoms with Crippen molar-refractivity contribution in [1.82, 2.24) is 19.0 Å². The number of carbonyl (C=O) groups is 2. The molecule has 1 N–H and O–H groups in total. The molecule has 3 fully saturated rings. The fourth-order valence-corrected chi connectivity index (χ4v) is 8.35. The standard InChI is InChI=1S/C36H34ClN5O3/c1-40-34-28(12-23(15-31(34)45-2)36(44)41-18-20-5-8-24(41)11-20)39-35(40)30-14-22-7-6-21(13-29(22)42(30)17-19-3-4-19)25-9-10-27-26(33(25)37)16-32(43)38-27/h6-7,9-10,12-15,19-20,24H,3-5,8,11,16-18H2,1-2H3,(H,38,43). The summed E-state index contributed by atoms with van der Waals surface area (Å²) in [6, 6.07) is 16.8. The number of rotatable bonds is 6. The number of fused-ring (bicyclic) bond motifs is 5. The second-order valence-electron chi connectivity index (χ2n) is 13.4. The maximum atomic E-state index is 13.7. The number of amides is 2. The lowest BCUT2D eigenvalue weighted by Crippen LogP contribution is -2.37. The zero-order chi connectivity index (χ0) is 30.6. The van der Waals surface area contributed by atoms with Crippen LogP contribution in [0.5, 0.6) is 5.75 Å². The molecule has 45 heavy (non-hydrogen) atoms. The van der Waals surface area contributed by atoms with Crippen LogP contribution in [-0.4, -0.2) is 50.5 Å². The van der Waals surface area contributed by atoms with Gasteiger partial charge in [-0.3, -0.25) is 9.59 Å². The highest BCUT2D eigenvalue weighted by Gasteiger charge is 2.40. The molecule has 9 rings (SSSR count). The summed E-state index contributed by atoms with van der Waals surface area (Å²) in [5, 5.41) is 4.65. The maximum absolute atomic E-state index is 13.7. The molecule has 0 spiro atoms. The highest BCUT2D eigenvalue weighted by atomic mass is 35.5. The smallest absolute Gasteiger partial charge is 0.254 e. The van der Waals surface area contributed by atoms with E-state index in [2.05, 4.69) is 43.6 Å². The van der Waals surface area contributed by atoms with Gasteiger partial charge in [0.2, 0.25) is 5.91 Å². The van der Waals surface area contributed by atoms with Crippen LogP contribution in [0.2, 0.25) is 5.02 Å². The van der Waals surface area contributed by atoms with Crippen LogP contribution in [-0.2, 0) is 24.8 Å².